The van der Waals surface area contributed by atoms with Gasteiger partial charge in [-0.15, -0.1) is 5.10 Å². The van der Waals surface area contributed by atoms with Gasteiger partial charge in [0, 0.05) is 37.4 Å². The Bertz CT molecular complexity index is 1230. The molecule has 0 radical (unpaired) electrons. The second kappa shape index (κ2) is 10.1. The van der Waals surface area contributed by atoms with E-state index in [9.17, 15) is 4.39 Å². The molecule has 6 nitrogen and oxygen atoms in total. The highest BCUT2D eigenvalue weighted by molar-refractivity contribution is 6.01. The van der Waals surface area contributed by atoms with Crippen LogP contribution in [0.3, 0.4) is 0 Å². The Morgan fingerprint density at radius 2 is 1.91 bits per heavy atom. The van der Waals surface area contributed by atoms with Crippen molar-refractivity contribution in [1.29, 1.82) is 0 Å². The number of anilines is 1. The number of hydrogen-bond donors (Lipinski definition) is 1. The zero-order valence-electron chi connectivity index (χ0n) is 22.2. The van der Waals surface area contributed by atoms with E-state index in [1.807, 2.05) is 19.2 Å². The minimum absolute atomic E-state index is 0. The molecule has 35 heavy (non-hydrogen) atoms. The van der Waals surface area contributed by atoms with Crippen molar-refractivity contribution in [3.63, 3.8) is 0 Å². The molecule has 1 aliphatic carbocycles. The molecule has 0 saturated heterocycles. The fourth-order valence-corrected chi connectivity index (χ4v) is 5.33. The summed E-state index contributed by atoms with van der Waals surface area (Å²) in [6.45, 7) is 8.44. The van der Waals surface area contributed by atoms with E-state index in [0.29, 0.717) is 17.6 Å². The van der Waals surface area contributed by atoms with Crippen LogP contribution in [0.4, 0.5) is 16.0 Å². The van der Waals surface area contributed by atoms with Crippen LogP contribution in [0.1, 0.15) is 66.8 Å². The summed E-state index contributed by atoms with van der Waals surface area (Å²) in [4.78, 5) is 11.2. The Labute approximate surface area is 210 Å². The predicted octanol–water partition coefficient (Wildman–Crippen LogP) is 6.72. The predicted molar refractivity (Wildman–Crippen MR) is 146 cm³/mol. The van der Waals surface area contributed by atoms with Crippen molar-refractivity contribution in [2.24, 2.45) is 10.9 Å². The van der Waals surface area contributed by atoms with Crippen LogP contribution in [-0.2, 0) is 5.41 Å². The number of rotatable bonds is 4. The molecule has 1 saturated carbocycles. The maximum atomic E-state index is 14.9. The number of nitrogens with one attached hydrogen (secondary N) is 1. The fourth-order valence-electron chi connectivity index (χ4n) is 5.33. The highest BCUT2D eigenvalue weighted by Crippen LogP contribution is 2.47. The van der Waals surface area contributed by atoms with Crippen molar-refractivity contribution >= 4 is 22.9 Å². The minimum Gasteiger partial charge on any atom is -0.356 e. The third-order valence-corrected chi connectivity index (χ3v) is 8.07. The summed E-state index contributed by atoms with van der Waals surface area (Å²) in [7, 11) is 6.16. The van der Waals surface area contributed by atoms with E-state index in [1.165, 1.54) is 32.1 Å². The van der Waals surface area contributed by atoms with Gasteiger partial charge >= 0.3 is 0 Å². The quantitative estimate of drug-likeness (QED) is 0.450. The standard InChI is InChI=1S/C20H22FN5.C8H17N.H2/c1-11(2)20(4)12(3)24-18-15(20)8-13(9-16(18)21)14-6-7-26-17(14)10-23-19(22-5)25-26;1-9(2)8-6-4-3-5-7-8;/h6-11H,1-5H3,(H,22,25);8H,3-7H2,1-2H3;1H. The third kappa shape index (κ3) is 4.70. The molecule has 3 heterocycles. The average Bonchev–Trinajstić information content (AvgIpc) is 3.39. The monoisotopic (exact) mass is 480 g/mol. The van der Waals surface area contributed by atoms with E-state index >= 15 is 0 Å². The van der Waals surface area contributed by atoms with Crippen LogP contribution < -0.4 is 5.32 Å². The summed E-state index contributed by atoms with van der Waals surface area (Å²) in [5.74, 6) is 0.569. The topological polar surface area (TPSA) is 57.8 Å². The summed E-state index contributed by atoms with van der Waals surface area (Å²) < 4.78 is 16.6. The lowest BCUT2D eigenvalue weighted by molar-refractivity contribution is 0.229. The first-order valence-electron chi connectivity index (χ1n) is 12.8. The summed E-state index contributed by atoms with van der Waals surface area (Å²) in [6.07, 6.45) is 10.8. The van der Waals surface area contributed by atoms with E-state index in [2.05, 4.69) is 66.2 Å². The molecule has 2 aromatic heterocycles. The number of nitrogens with zero attached hydrogens (tertiary/aromatic N) is 5. The molecular formula is C28H41FN6. The van der Waals surface area contributed by atoms with Crippen LogP contribution in [0.5, 0.6) is 0 Å². The van der Waals surface area contributed by atoms with Crippen LogP contribution in [0.2, 0.25) is 0 Å². The van der Waals surface area contributed by atoms with Crippen molar-refractivity contribution in [2.45, 2.75) is 71.3 Å². The van der Waals surface area contributed by atoms with Crippen molar-refractivity contribution < 1.29 is 5.82 Å². The SMILES string of the molecule is CN(C)C1CCCCC1.CNc1ncc2c(-c3cc(F)c4c(c3)C(C)(C(C)C)C(C)=N4)ccn2n1.[HH]. The van der Waals surface area contributed by atoms with Crippen LogP contribution in [0, 0.1) is 11.7 Å². The number of aliphatic imine (C=N–C) groups is 1. The lowest BCUT2D eigenvalue weighted by Crippen LogP contribution is -2.33. The first-order valence-corrected chi connectivity index (χ1v) is 12.8. The highest BCUT2D eigenvalue weighted by atomic mass is 19.1. The fraction of sp³-hybridized carbons (Fsp3) is 0.536. The third-order valence-electron chi connectivity index (χ3n) is 8.07. The normalized spacial score (nSPS) is 20.1. The molecule has 7 heteroatoms. The van der Waals surface area contributed by atoms with E-state index in [1.54, 1.807) is 23.8 Å². The summed E-state index contributed by atoms with van der Waals surface area (Å²) in [6, 6.07) is 6.46. The molecule has 1 aromatic carbocycles. The van der Waals surface area contributed by atoms with Gasteiger partial charge in [0.05, 0.1) is 11.7 Å². The molecule has 0 bridgehead atoms. The van der Waals surface area contributed by atoms with Gasteiger partial charge in [-0.2, -0.15) is 0 Å². The molecule has 1 atom stereocenters. The molecule has 1 aliphatic heterocycles. The number of halogens is 1. The van der Waals surface area contributed by atoms with Crippen LogP contribution in [-0.4, -0.2) is 52.4 Å². The van der Waals surface area contributed by atoms with Crippen molar-refractivity contribution in [2.75, 3.05) is 26.5 Å². The Morgan fingerprint density at radius 1 is 1.20 bits per heavy atom. The van der Waals surface area contributed by atoms with Crippen LogP contribution >= 0.6 is 0 Å². The Hall–Kier alpha value is -2.80. The van der Waals surface area contributed by atoms with Gasteiger partial charge < -0.3 is 10.2 Å². The summed E-state index contributed by atoms with van der Waals surface area (Å²) in [5, 5.41) is 7.30. The Kier molecular flexibility index (Phi) is 7.27. The molecule has 2 aliphatic rings. The smallest absolute Gasteiger partial charge is 0.240 e. The molecule has 5 rings (SSSR count). The molecule has 1 N–H and O–H groups in total. The first-order chi connectivity index (χ1) is 16.7. The number of fused-ring (bicyclic) bond motifs is 2. The van der Waals surface area contributed by atoms with Gasteiger partial charge in [0.25, 0.3) is 0 Å². The second-order valence-electron chi connectivity index (χ2n) is 10.6. The van der Waals surface area contributed by atoms with E-state index < -0.39 is 0 Å². The molecule has 0 amide bonds. The Balaban J connectivity index is 0.000000307. The van der Waals surface area contributed by atoms with Crippen LogP contribution in [0.15, 0.2) is 35.6 Å². The molecule has 0 spiro atoms. The maximum absolute atomic E-state index is 14.9. The molecule has 1 fully saturated rings. The summed E-state index contributed by atoms with van der Waals surface area (Å²) >= 11 is 0. The molecule has 1 unspecified atom stereocenters. The van der Waals surface area contributed by atoms with Gasteiger partial charge in [-0.1, -0.05) is 33.1 Å². The lowest BCUT2D eigenvalue weighted by atomic mass is 9.71. The minimum atomic E-state index is -0.284. The lowest BCUT2D eigenvalue weighted by Gasteiger charge is -2.31. The highest BCUT2D eigenvalue weighted by Gasteiger charge is 2.41. The Morgan fingerprint density at radius 3 is 2.51 bits per heavy atom. The number of hydrogen-bond acceptors (Lipinski definition) is 5. The molecular weight excluding hydrogens is 439 g/mol. The van der Waals surface area contributed by atoms with Gasteiger partial charge in [0.15, 0.2) is 0 Å². The molecule has 190 valence electrons. The van der Waals surface area contributed by atoms with Crippen molar-refractivity contribution in [3.05, 3.63) is 42.0 Å². The molecule has 3 aromatic rings. The van der Waals surface area contributed by atoms with Crippen molar-refractivity contribution in [1.82, 2.24) is 19.5 Å². The number of aromatic nitrogens is 3. The van der Waals surface area contributed by atoms with Gasteiger partial charge in [0.1, 0.15) is 11.5 Å². The summed E-state index contributed by atoms with van der Waals surface area (Å²) in [5.41, 5.74) is 4.68. The van der Waals surface area contributed by atoms with Gasteiger partial charge in [0.2, 0.25) is 5.95 Å². The van der Waals surface area contributed by atoms with Crippen LogP contribution in [0.25, 0.3) is 16.6 Å². The zero-order valence-corrected chi connectivity index (χ0v) is 22.2. The number of benzene rings is 1. The average molecular weight is 481 g/mol. The van der Waals surface area contributed by atoms with Gasteiger partial charge in [-0.3, -0.25) is 4.99 Å². The van der Waals surface area contributed by atoms with E-state index in [4.69, 9.17) is 0 Å². The van der Waals surface area contributed by atoms with Crippen molar-refractivity contribution in [3.8, 4) is 11.1 Å². The van der Waals surface area contributed by atoms with Gasteiger partial charge in [-0.25, -0.2) is 13.9 Å². The van der Waals surface area contributed by atoms with E-state index in [0.717, 1.165) is 34.0 Å². The first kappa shape index (κ1) is 25.3. The largest absolute Gasteiger partial charge is 0.356 e. The van der Waals surface area contributed by atoms with Gasteiger partial charge in [-0.05, 0) is 76.0 Å². The zero-order chi connectivity index (χ0) is 25.3. The van der Waals surface area contributed by atoms with E-state index in [-0.39, 0.29) is 12.7 Å². The maximum Gasteiger partial charge on any atom is 0.240 e. The second-order valence-corrected chi connectivity index (χ2v) is 10.6.